The summed E-state index contributed by atoms with van der Waals surface area (Å²) < 4.78 is 5.39. The van der Waals surface area contributed by atoms with Crippen LogP contribution in [0.5, 0.6) is 0 Å². The topological polar surface area (TPSA) is 61.8 Å². The first-order chi connectivity index (χ1) is 10.2. The highest BCUT2D eigenvalue weighted by Crippen LogP contribution is 2.25. The molecule has 5 nitrogen and oxygen atoms in total. The van der Waals surface area contributed by atoms with E-state index in [9.17, 15) is 9.90 Å². The Hall–Kier alpha value is -1.59. The van der Waals surface area contributed by atoms with Crippen LogP contribution in [0.4, 0.5) is 10.5 Å². The minimum atomic E-state index is -0.0838. The summed E-state index contributed by atoms with van der Waals surface area (Å²) in [7, 11) is 0. The number of likely N-dealkylation sites (tertiary alicyclic amines) is 1. The Morgan fingerprint density at radius 2 is 2.19 bits per heavy atom. The van der Waals surface area contributed by atoms with Crippen LogP contribution in [0, 0.1) is 5.92 Å². The molecule has 0 saturated carbocycles. The minimum absolute atomic E-state index is 0.0838. The average molecular weight is 290 g/mol. The highest BCUT2D eigenvalue weighted by Gasteiger charge is 2.28. The number of hydrogen-bond acceptors (Lipinski definition) is 3. The number of carbonyl (C=O) groups excluding carboxylic acids is 1. The van der Waals surface area contributed by atoms with Crippen molar-refractivity contribution in [1.82, 2.24) is 4.90 Å². The number of anilines is 1. The summed E-state index contributed by atoms with van der Waals surface area (Å²) in [4.78, 5) is 14.3. The molecule has 2 unspecified atom stereocenters. The summed E-state index contributed by atoms with van der Waals surface area (Å²) >= 11 is 0. The molecule has 2 aliphatic heterocycles. The SMILES string of the molecule is CC1CCC(CO)CN1C(=O)Nc1ccc2c(c1)COC2. The number of piperidine rings is 1. The number of amides is 2. The first-order valence-electron chi connectivity index (χ1n) is 7.55. The quantitative estimate of drug-likeness (QED) is 0.879. The fourth-order valence-electron chi connectivity index (χ4n) is 3.06. The van der Waals surface area contributed by atoms with Crippen LogP contribution in [0.3, 0.4) is 0 Å². The van der Waals surface area contributed by atoms with Crippen LogP contribution < -0.4 is 5.32 Å². The van der Waals surface area contributed by atoms with Crippen LogP contribution in [0.15, 0.2) is 18.2 Å². The summed E-state index contributed by atoms with van der Waals surface area (Å²) in [5.41, 5.74) is 3.15. The predicted molar refractivity (Wildman–Crippen MR) is 79.9 cm³/mol. The maximum Gasteiger partial charge on any atom is 0.322 e. The van der Waals surface area contributed by atoms with Crippen molar-refractivity contribution in [1.29, 1.82) is 0 Å². The number of hydrogen-bond donors (Lipinski definition) is 2. The molecule has 0 spiro atoms. The zero-order chi connectivity index (χ0) is 14.8. The lowest BCUT2D eigenvalue weighted by Gasteiger charge is -2.37. The van der Waals surface area contributed by atoms with E-state index in [-0.39, 0.29) is 24.6 Å². The molecule has 114 valence electrons. The Morgan fingerprint density at radius 3 is 3.00 bits per heavy atom. The Bertz CT molecular complexity index is 532. The second-order valence-electron chi connectivity index (χ2n) is 6.03. The third-order valence-electron chi connectivity index (χ3n) is 4.47. The van der Waals surface area contributed by atoms with Crippen LogP contribution in [0.25, 0.3) is 0 Å². The molecule has 2 amide bonds. The molecule has 2 atom stereocenters. The Balaban J connectivity index is 1.67. The molecule has 21 heavy (non-hydrogen) atoms. The van der Waals surface area contributed by atoms with Crippen LogP contribution in [0.2, 0.25) is 0 Å². The van der Waals surface area contributed by atoms with Gasteiger partial charge in [-0.2, -0.15) is 0 Å². The molecule has 0 radical (unpaired) electrons. The van der Waals surface area contributed by atoms with Gasteiger partial charge < -0.3 is 20.1 Å². The summed E-state index contributed by atoms with van der Waals surface area (Å²) in [6.07, 6.45) is 1.92. The summed E-state index contributed by atoms with van der Waals surface area (Å²) in [5, 5.41) is 12.3. The number of fused-ring (bicyclic) bond motifs is 1. The number of urea groups is 1. The van der Waals surface area contributed by atoms with Crippen molar-refractivity contribution in [2.45, 2.75) is 39.0 Å². The number of aliphatic hydroxyl groups is 1. The van der Waals surface area contributed by atoms with E-state index in [1.165, 1.54) is 5.56 Å². The minimum Gasteiger partial charge on any atom is -0.396 e. The normalized spacial score (nSPS) is 24.8. The Labute approximate surface area is 124 Å². The number of ether oxygens (including phenoxy) is 1. The Morgan fingerprint density at radius 1 is 1.38 bits per heavy atom. The van der Waals surface area contributed by atoms with Gasteiger partial charge in [-0.15, -0.1) is 0 Å². The molecule has 1 fully saturated rings. The van der Waals surface area contributed by atoms with Crippen LogP contribution in [0.1, 0.15) is 30.9 Å². The highest BCUT2D eigenvalue weighted by atomic mass is 16.5. The van der Waals surface area contributed by atoms with Crippen LogP contribution in [-0.4, -0.2) is 35.2 Å². The number of carbonyl (C=O) groups is 1. The number of benzene rings is 1. The van der Waals surface area contributed by atoms with E-state index in [1.54, 1.807) is 0 Å². The van der Waals surface area contributed by atoms with Gasteiger partial charge in [0.25, 0.3) is 0 Å². The lowest BCUT2D eigenvalue weighted by atomic mass is 9.94. The summed E-state index contributed by atoms with van der Waals surface area (Å²) in [6.45, 7) is 4.10. The second-order valence-corrected chi connectivity index (χ2v) is 6.03. The van der Waals surface area contributed by atoms with Gasteiger partial charge in [-0.05, 0) is 48.9 Å². The lowest BCUT2D eigenvalue weighted by Crippen LogP contribution is -2.48. The first-order valence-corrected chi connectivity index (χ1v) is 7.55. The molecule has 0 bridgehead atoms. The maximum atomic E-state index is 12.4. The van der Waals surface area contributed by atoms with Gasteiger partial charge in [0, 0.05) is 24.9 Å². The number of nitrogens with zero attached hydrogens (tertiary/aromatic N) is 1. The summed E-state index contributed by atoms with van der Waals surface area (Å²) in [6, 6.07) is 6.04. The van der Waals surface area contributed by atoms with Gasteiger partial charge in [-0.1, -0.05) is 6.07 Å². The van der Waals surface area contributed by atoms with Crippen molar-refractivity contribution in [2.24, 2.45) is 5.92 Å². The van der Waals surface area contributed by atoms with Crippen molar-refractivity contribution in [3.8, 4) is 0 Å². The third kappa shape index (κ3) is 3.04. The maximum absolute atomic E-state index is 12.4. The second kappa shape index (κ2) is 6.03. The zero-order valence-corrected chi connectivity index (χ0v) is 12.3. The summed E-state index contributed by atoms with van der Waals surface area (Å²) in [5.74, 6) is 0.195. The van der Waals surface area contributed by atoms with Gasteiger partial charge in [-0.3, -0.25) is 0 Å². The largest absolute Gasteiger partial charge is 0.396 e. The van der Waals surface area contributed by atoms with Crippen molar-refractivity contribution >= 4 is 11.7 Å². The zero-order valence-electron chi connectivity index (χ0n) is 12.3. The van der Waals surface area contributed by atoms with E-state index in [4.69, 9.17) is 4.74 Å². The molecule has 1 aromatic rings. The van der Waals surface area contributed by atoms with Crippen molar-refractivity contribution in [2.75, 3.05) is 18.5 Å². The number of aliphatic hydroxyl groups excluding tert-OH is 1. The van der Waals surface area contributed by atoms with Crippen LogP contribution >= 0.6 is 0 Å². The molecule has 1 aromatic carbocycles. The van der Waals surface area contributed by atoms with Gasteiger partial charge in [0.2, 0.25) is 0 Å². The van der Waals surface area contributed by atoms with Crippen molar-refractivity contribution in [3.63, 3.8) is 0 Å². The molecule has 0 aliphatic carbocycles. The molecule has 1 saturated heterocycles. The predicted octanol–water partition coefficient (Wildman–Crippen LogP) is 2.34. The number of rotatable bonds is 2. The molecular formula is C16H22N2O3. The Kier molecular flexibility index (Phi) is 4.12. The van der Waals surface area contributed by atoms with E-state index in [1.807, 2.05) is 23.1 Å². The van der Waals surface area contributed by atoms with Gasteiger partial charge in [0.05, 0.1) is 13.2 Å². The van der Waals surface area contributed by atoms with E-state index in [0.717, 1.165) is 24.1 Å². The molecular weight excluding hydrogens is 268 g/mol. The molecule has 3 rings (SSSR count). The number of nitrogens with one attached hydrogen (secondary N) is 1. The fraction of sp³-hybridized carbons (Fsp3) is 0.562. The fourth-order valence-corrected chi connectivity index (χ4v) is 3.06. The van der Waals surface area contributed by atoms with E-state index < -0.39 is 0 Å². The molecule has 0 aromatic heterocycles. The molecule has 2 aliphatic rings. The molecule has 5 heteroatoms. The molecule has 2 N–H and O–H groups in total. The van der Waals surface area contributed by atoms with Gasteiger partial charge in [0.1, 0.15) is 0 Å². The van der Waals surface area contributed by atoms with Crippen molar-refractivity contribution in [3.05, 3.63) is 29.3 Å². The van der Waals surface area contributed by atoms with Gasteiger partial charge in [-0.25, -0.2) is 4.79 Å². The van der Waals surface area contributed by atoms with Crippen LogP contribution in [-0.2, 0) is 18.0 Å². The average Bonchev–Trinajstić information content (AvgIpc) is 2.95. The van der Waals surface area contributed by atoms with E-state index >= 15 is 0 Å². The van der Waals surface area contributed by atoms with Gasteiger partial charge >= 0.3 is 6.03 Å². The van der Waals surface area contributed by atoms with Gasteiger partial charge in [0.15, 0.2) is 0 Å². The highest BCUT2D eigenvalue weighted by molar-refractivity contribution is 5.89. The first kappa shape index (κ1) is 14.4. The lowest BCUT2D eigenvalue weighted by molar-refractivity contribution is 0.107. The monoisotopic (exact) mass is 290 g/mol. The smallest absolute Gasteiger partial charge is 0.322 e. The van der Waals surface area contributed by atoms with E-state index in [2.05, 4.69) is 12.2 Å². The standard InChI is InChI=1S/C16H22N2O3/c1-11-2-3-12(8-19)7-18(11)16(20)17-15-5-4-13-9-21-10-14(13)6-15/h4-6,11-12,19H,2-3,7-10H2,1H3,(H,17,20). The molecule has 2 heterocycles. The van der Waals surface area contributed by atoms with E-state index in [0.29, 0.717) is 19.8 Å². The van der Waals surface area contributed by atoms with Crippen molar-refractivity contribution < 1.29 is 14.6 Å². The third-order valence-corrected chi connectivity index (χ3v) is 4.47.